The van der Waals surface area contributed by atoms with E-state index in [1.54, 1.807) is 20.4 Å². The quantitative estimate of drug-likeness (QED) is 0.382. The fourth-order valence-electron chi connectivity index (χ4n) is 2.34. The lowest BCUT2D eigenvalue weighted by Crippen LogP contribution is -2.38. The molecule has 7 heteroatoms. The predicted molar refractivity (Wildman–Crippen MR) is 115 cm³/mol. The van der Waals surface area contributed by atoms with Crippen LogP contribution in [0.25, 0.3) is 0 Å². The Kier molecular flexibility index (Phi) is 9.79. The third-order valence-corrected chi connectivity index (χ3v) is 3.69. The second-order valence-corrected chi connectivity index (χ2v) is 5.58. The van der Waals surface area contributed by atoms with E-state index in [2.05, 4.69) is 34.3 Å². The van der Waals surface area contributed by atoms with Gasteiger partial charge in [0.2, 0.25) is 5.88 Å². The van der Waals surface area contributed by atoms with Crippen molar-refractivity contribution in [2.75, 3.05) is 27.8 Å². The van der Waals surface area contributed by atoms with Gasteiger partial charge in [-0.2, -0.15) is 0 Å². The Morgan fingerprint density at radius 1 is 1.08 bits per heavy atom. The molecule has 0 unspecified atom stereocenters. The van der Waals surface area contributed by atoms with Crippen LogP contribution in [0.2, 0.25) is 0 Å². The molecule has 0 spiro atoms. The van der Waals surface area contributed by atoms with E-state index in [0.29, 0.717) is 12.4 Å². The molecule has 0 radical (unpaired) electrons. The first-order valence-electron chi connectivity index (χ1n) is 8.27. The Morgan fingerprint density at radius 3 is 2.31 bits per heavy atom. The summed E-state index contributed by atoms with van der Waals surface area (Å²) in [7, 11) is 5.31. The highest BCUT2D eigenvalue weighted by Gasteiger charge is 2.07. The number of benzene rings is 1. The molecule has 1 heterocycles. The van der Waals surface area contributed by atoms with Crippen molar-refractivity contribution in [3.05, 3.63) is 53.7 Å². The topological polar surface area (TPSA) is 59.0 Å². The van der Waals surface area contributed by atoms with Crippen LogP contribution < -0.4 is 14.8 Å². The van der Waals surface area contributed by atoms with E-state index in [-0.39, 0.29) is 24.0 Å². The molecule has 142 valence electrons. The molecule has 0 saturated carbocycles. The van der Waals surface area contributed by atoms with E-state index in [0.717, 1.165) is 30.4 Å². The largest absolute Gasteiger partial charge is 0.497 e. The zero-order valence-corrected chi connectivity index (χ0v) is 18.1. The molecule has 1 aromatic heterocycles. The average molecular weight is 470 g/mol. The minimum Gasteiger partial charge on any atom is -0.497 e. The molecule has 0 atom stereocenters. The van der Waals surface area contributed by atoms with Crippen molar-refractivity contribution in [3.63, 3.8) is 0 Å². The van der Waals surface area contributed by atoms with Gasteiger partial charge in [-0.15, -0.1) is 24.0 Å². The van der Waals surface area contributed by atoms with E-state index in [4.69, 9.17) is 14.5 Å². The van der Waals surface area contributed by atoms with Gasteiger partial charge in [0.05, 0.1) is 20.8 Å². The Morgan fingerprint density at radius 2 is 1.77 bits per heavy atom. The first-order chi connectivity index (χ1) is 12.2. The number of nitrogens with zero attached hydrogens (tertiary/aromatic N) is 3. The van der Waals surface area contributed by atoms with Gasteiger partial charge in [-0.3, -0.25) is 0 Å². The molecule has 0 aliphatic heterocycles. The molecule has 1 aromatic carbocycles. The molecule has 0 aliphatic rings. The lowest BCUT2D eigenvalue weighted by molar-refractivity contribution is 0.397. The smallest absolute Gasteiger partial charge is 0.212 e. The van der Waals surface area contributed by atoms with Crippen LogP contribution >= 0.6 is 24.0 Å². The second-order valence-electron chi connectivity index (χ2n) is 5.58. The summed E-state index contributed by atoms with van der Waals surface area (Å²) in [6.45, 7) is 4.20. The molecule has 26 heavy (non-hydrogen) atoms. The molecule has 0 aliphatic carbocycles. The van der Waals surface area contributed by atoms with Gasteiger partial charge in [0.15, 0.2) is 5.96 Å². The fraction of sp³-hybridized carbons (Fsp3) is 0.368. The highest BCUT2D eigenvalue weighted by molar-refractivity contribution is 14.0. The summed E-state index contributed by atoms with van der Waals surface area (Å²) in [4.78, 5) is 11.0. The van der Waals surface area contributed by atoms with E-state index in [1.165, 1.54) is 5.56 Å². The third-order valence-electron chi connectivity index (χ3n) is 3.69. The van der Waals surface area contributed by atoms with Crippen LogP contribution in [0.15, 0.2) is 47.6 Å². The number of hydrogen-bond acceptors (Lipinski definition) is 4. The molecule has 2 aromatic rings. The number of methoxy groups -OCH3 is 2. The van der Waals surface area contributed by atoms with Gasteiger partial charge in [0, 0.05) is 32.4 Å². The van der Waals surface area contributed by atoms with Crippen LogP contribution in [0.1, 0.15) is 18.1 Å². The predicted octanol–water partition coefficient (Wildman–Crippen LogP) is 3.31. The summed E-state index contributed by atoms with van der Waals surface area (Å²) in [5.74, 6) is 2.32. The van der Waals surface area contributed by atoms with Crippen LogP contribution in [-0.4, -0.2) is 43.7 Å². The maximum atomic E-state index is 5.20. The normalized spacial score (nSPS) is 10.7. The number of halogens is 1. The Labute approximate surface area is 172 Å². The summed E-state index contributed by atoms with van der Waals surface area (Å²) in [5, 5.41) is 3.32. The number of rotatable bonds is 7. The van der Waals surface area contributed by atoms with E-state index >= 15 is 0 Å². The molecule has 2 rings (SSSR count). The first kappa shape index (κ1) is 22.0. The van der Waals surface area contributed by atoms with Crippen molar-refractivity contribution in [3.8, 4) is 11.6 Å². The maximum absolute atomic E-state index is 5.20. The van der Waals surface area contributed by atoms with Crippen LogP contribution in [0, 0.1) is 0 Å². The van der Waals surface area contributed by atoms with Crippen LogP contribution in [-0.2, 0) is 13.1 Å². The molecule has 0 bridgehead atoms. The van der Waals surface area contributed by atoms with E-state index in [1.807, 2.05) is 31.3 Å². The van der Waals surface area contributed by atoms with Crippen molar-refractivity contribution >= 4 is 29.9 Å². The molecule has 0 amide bonds. The lowest BCUT2D eigenvalue weighted by Gasteiger charge is -2.22. The average Bonchev–Trinajstić information content (AvgIpc) is 2.66. The Bertz CT molecular complexity index is 675. The minimum absolute atomic E-state index is 0. The van der Waals surface area contributed by atoms with Crippen molar-refractivity contribution in [1.82, 2.24) is 15.2 Å². The summed E-state index contributed by atoms with van der Waals surface area (Å²) < 4.78 is 10.3. The highest BCUT2D eigenvalue weighted by Crippen LogP contribution is 2.13. The maximum Gasteiger partial charge on any atom is 0.212 e. The molecule has 1 N–H and O–H groups in total. The number of nitrogens with one attached hydrogen (secondary N) is 1. The molecule has 0 saturated heterocycles. The van der Waals surface area contributed by atoms with Gasteiger partial charge in [0.1, 0.15) is 5.75 Å². The Hall–Kier alpha value is -2.03. The zero-order valence-electron chi connectivity index (χ0n) is 15.7. The van der Waals surface area contributed by atoms with Crippen LogP contribution in [0.3, 0.4) is 0 Å². The molecule has 0 fully saturated rings. The standard InChI is InChI=1S/C19H26N4O2.HI/c1-5-20-19(22-13-16-8-11-18(25-4)21-12-16)23(2)14-15-6-9-17(24-3)10-7-15;/h6-12H,5,13-14H2,1-4H3,(H,20,22);1H. The first-order valence-corrected chi connectivity index (χ1v) is 8.27. The number of hydrogen-bond donors (Lipinski definition) is 1. The third kappa shape index (κ3) is 6.70. The van der Waals surface area contributed by atoms with Gasteiger partial charge in [-0.25, -0.2) is 9.98 Å². The van der Waals surface area contributed by atoms with Crippen molar-refractivity contribution in [2.45, 2.75) is 20.0 Å². The summed E-state index contributed by atoms with van der Waals surface area (Å²) in [5.41, 5.74) is 2.23. The van der Waals surface area contributed by atoms with E-state index in [9.17, 15) is 0 Å². The van der Waals surface area contributed by atoms with Gasteiger partial charge >= 0.3 is 0 Å². The van der Waals surface area contributed by atoms with Crippen LogP contribution in [0.4, 0.5) is 0 Å². The van der Waals surface area contributed by atoms with Crippen LogP contribution in [0.5, 0.6) is 11.6 Å². The Balaban J connectivity index is 0.00000338. The monoisotopic (exact) mass is 470 g/mol. The minimum atomic E-state index is 0. The van der Waals surface area contributed by atoms with Crippen molar-refractivity contribution in [1.29, 1.82) is 0 Å². The number of aliphatic imine (C=N–C) groups is 1. The van der Waals surface area contributed by atoms with Crippen molar-refractivity contribution in [2.24, 2.45) is 4.99 Å². The molecular weight excluding hydrogens is 443 g/mol. The number of pyridine rings is 1. The number of ether oxygens (including phenoxy) is 2. The SMILES string of the molecule is CCNC(=NCc1ccc(OC)nc1)N(C)Cc1ccc(OC)cc1.I. The summed E-state index contributed by atoms with van der Waals surface area (Å²) in [6.07, 6.45) is 1.79. The van der Waals surface area contributed by atoms with Gasteiger partial charge in [-0.1, -0.05) is 18.2 Å². The molecular formula is C19H27IN4O2. The number of aromatic nitrogens is 1. The van der Waals surface area contributed by atoms with E-state index < -0.39 is 0 Å². The summed E-state index contributed by atoms with van der Waals surface area (Å²) in [6, 6.07) is 11.9. The highest BCUT2D eigenvalue weighted by atomic mass is 127. The summed E-state index contributed by atoms with van der Waals surface area (Å²) >= 11 is 0. The van der Waals surface area contributed by atoms with Gasteiger partial charge in [0.25, 0.3) is 0 Å². The van der Waals surface area contributed by atoms with Gasteiger partial charge in [-0.05, 0) is 30.2 Å². The lowest BCUT2D eigenvalue weighted by atomic mass is 10.2. The van der Waals surface area contributed by atoms with Gasteiger partial charge < -0.3 is 19.7 Å². The van der Waals surface area contributed by atoms with Crippen molar-refractivity contribution < 1.29 is 9.47 Å². The number of guanidine groups is 1. The fourth-order valence-corrected chi connectivity index (χ4v) is 2.34. The molecule has 6 nitrogen and oxygen atoms in total. The second kappa shape index (κ2) is 11.6. The zero-order chi connectivity index (χ0) is 18.1.